The van der Waals surface area contributed by atoms with Gasteiger partial charge in [0.1, 0.15) is 0 Å². The monoisotopic (exact) mass is 367 g/mol. The molecule has 1 fully saturated rings. The second kappa shape index (κ2) is 8.94. The molecule has 0 saturated carbocycles. The molecule has 0 bridgehead atoms. The zero-order valence-corrected chi connectivity index (χ0v) is 16.5. The first-order valence-corrected chi connectivity index (χ1v) is 9.74. The van der Waals surface area contributed by atoms with Crippen molar-refractivity contribution in [1.29, 1.82) is 0 Å². The average Bonchev–Trinajstić information content (AvgIpc) is 2.69. The van der Waals surface area contributed by atoms with E-state index in [1.54, 1.807) is 13.2 Å². The van der Waals surface area contributed by atoms with Gasteiger partial charge in [-0.1, -0.05) is 30.3 Å². The van der Waals surface area contributed by atoms with Gasteiger partial charge in [-0.3, -0.25) is 4.79 Å². The van der Waals surface area contributed by atoms with Crippen LogP contribution in [0.3, 0.4) is 0 Å². The third kappa shape index (κ3) is 5.03. The lowest BCUT2D eigenvalue weighted by Gasteiger charge is -2.32. The Balaban J connectivity index is 1.60. The molecule has 1 aliphatic heterocycles. The predicted octanol–water partition coefficient (Wildman–Crippen LogP) is 4.58. The number of ether oxygens (including phenoxy) is 2. The van der Waals surface area contributed by atoms with Crippen molar-refractivity contribution >= 4 is 5.91 Å². The summed E-state index contributed by atoms with van der Waals surface area (Å²) in [5.74, 6) is 1.99. The molecular weight excluding hydrogens is 338 g/mol. The van der Waals surface area contributed by atoms with Crippen molar-refractivity contribution in [3.05, 3.63) is 59.7 Å². The van der Waals surface area contributed by atoms with Gasteiger partial charge >= 0.3 is 0 Å². The Hall–Kier alpha value is -2.49. The third-order valence-electron chi connectivity index (χ3n) is 5.04. The molecule has 0 radical (unpaired) electrons. The van der Waals surface area contributed by atoms with Crippen LogP contribution in [0, 0.1) is 5.92 Å². The Labute approximate surface area is 162 Å². The van der Waals surface area contributed by atoms with Gasteiger partial charge in [-0.15, -0.1) is 0 Å². The lowest BCUT2D eigenvalue weighted by Crippen LogP contribution is -2.38. The van der Waals surface area contributed by atoms with Crippen molar-refractivity contribution in [2.75, 3.05) is 20.2 Å². The molecule has 4 nitrogen and oxygen atoms in total. The highest BCUT2D eigenvalue weighted by Gasteiger charge is 2.24. The summed E-state index contributed by atoms with van der Waals surface area (Å²) in [6.07, 6.45) is 3.25. The highest BCUT2D eigenvalue weighted by molar-refractivity contribution is 5.95. The van der Waals surface area contributed by atoms with Gasteiger partial charge in [-0.25, -0.2) is 0 Å². The first kappa shape index (κ1) is 19.3. The smallest absolute Gasteiger partial charge is 0.253 e. The van der Waals surface area contributed by atoms with Gasteiger partial charge in [0.2, 0.25) is 0 Å². The second-order valence-electron chi connectivity index (χ2n) is 7.46. The molecule has 1 aliphatic rings. The Morgan fingerprint density at radius 3 is 2.41 bits per heavy atom. The molecule has 0 unspecified atom stereocenters. The van der Waals surface area contributed by atoms with Crippen molar-refractivity contribution in [3.63, 3.8) is 0 Å². The zero-order valence-electron chi connectivity index (χ0n) is 16.5. The van der Waals surface area contributed by atoms with Gasteiger partial charge in [0.15, 0.2) is 11.5 Å². The summed E-state index contributed by atoms with van der Waals surface area (Å²) in [4.78, 5) is 14.9. The largest absolute Gasteiger partial charge is 0.493 e. The maximum atomic E-state index is 12.9. The molecule has 144 valence electrons. The first-order valence-electron chi connectivity index (χ1n) is 9.74. The summed E-state index contributed by atoms with van der Waals surface area (Å²) in [5, 5.41) is 0. The third-order valence-corrected chi connectivity index (χ3v) is 5.04. The number of piperidine rings is 1. The Morgan fingerprint density at radius 1 is 1.07 bits per heavy atom. The van der Waals surface area contributed by atoms with E-state index in [-0.39, 0.29) is 12.0 Å². The molecule has 0 N–H and O–H groups in total. The quantitative estimate of drug-likeness (QED) is 0.750. The number of hydrogen-bond acceptors (Lipinski definition) is 3. The average molecular weight is 367 g/mol. The summed E-state index contributed by atoms with van der Waals surface area (Å²) in [6, 6.07) is 16.1. The number of methoxy groups -OCH3 is 1. The molecule has 1 amide bonds. The number of nitrogens with zero attached hydrogens (tertiary/aromatic N) is 1. The number of likely N-dealkylation sites (tertiary alicyclic amines) is 1. The van der Waals surface area contributed by atoms with Crippen LogP contribution in [0.2, 0.25) is 0 Å². The van der Waals surface area contributed by atoms with E-state index in [1.807, 2.05) is 30.9 Å². The minimum atomic E-state index is 0.0593. The molecule has 27 heavy (non-hydrogen) atoms. The molecular formula is C23H29NO3. The van der Waals surface area contributed by atoms with Gasteiger partial charge in [0.05, 0.1) is 13.2 Å². The molecule has 1 saturated heterocycles. The molecule has 0 atom stereocenters. The van der Waals surface area contributed by atoms with Crippen LogP contribution in [0.1, 0.15) is 42.6 Å². The highest BCUT2D eigenvalue weighted by atomic mass is 16.5. The molecule has 4 heteroatoms. The number of rotatable bonds is 6. The molecule has 0 spiro atoms. The predicted molar refractivity (Wildman–Crippen MR) is 108 cm³/mol. The van der Waals surface area contributed by atoms with Crippen molar-refractivity contribution < 1.29 is 14.3 Å². The maximum absolute atomic E-state index is 12.9. The Kier molecular flexibility index (Phi) is 6.38. The van der Waals surface area contributed by atoms with Crippen molar-refractivity contribution in [1.82, 2.24) is 4.90 Å². The van der Waals surface area contributed by atoms with E-state index in [4.69, 9.17) is 9.47 Å². The van der Waals surface area contributed by atoms with Crippen LogP contribution in [-0.2, 0) is 6.42 Å². The maximum Gasteiger partial charge on any atom is 0.253 e. The van der Waals surface area contributed by atoms with Gasteiger partial charge < -0.3 is 14.4 Å². The number of carbonyl (C=O) groups is 1. The molecule has 0 aliphatic carbocycles. The van der Waals surface area contributed by atoms with Gasteiger partial charge in [0.25, 0.3) is 5.91 Å². The normalized spacial score (nSPS) is 15.0. The van der Waals surface area contributed by atoms with Crippen LogP contribution in [0.15, 0.2) is 48.5 Å². The van der Waals surface area contributed by atoms with Crippen molar-refractivity contribution in [2.24, 2.45) is 5.92 Å². The van der Waals surface area contributed by atoms with E-state index in [9.17, 15) is 4.79 Å². The SMILES string of the molecule is COc1cc(C(=O)N2CCC(Cc3ccccc3)CC2)ccc1OC(C)C. The first-order chi connectivity index (χ1) is 13.1. The van der Waals surface area contributed by atoms with Crippen LogP contribution in [0.25, 0.3) is 0 Å². The Morgan fingerprint density at radius 2 is 1.78 bits per heavy atom. The number of hydrogen-bond donors (Lipinski definition) is 0. The van der Waals surface area contributed by atoms with Gasteiger partial charge in [0, 0.05) is 18.7 Å². The van der Waals surface area contributed by atoms with E-state index < -0.39 is 0 Å². The lowest BCUT2D eigenvalue weighted by atomic mass is 9.90. The van der Waals surface area contributed by atoms with Crippen LogP contribution in [0.5, 0.6) is 11.5 Å². The van der Waals surface area contributed by atoms with E-state index in [0.717, 1.165) is 32.4 Å². The zero-order chi connectivity index (χ0) is 19.2. The van der Waals surface area contributed by atoms with Crippen LogP contribution < -0.4 is 9.47 Å². The number of benzene rings is 2. The van der Waals surface area contributed by atoms with Crippen LogP contribution >= 0.6 is 0 Å². The van der Waals surface area contributed by atoms with E-state index in [1.165, 1.54) is 5.56 Å². The minimum absolute atomic E-state index is 0.0593. The van der Waals surface area contributed by atoms with Crippen molar-refractivity contribution in [2.45, 2.75) is 39.2 Å². The highest BCUT2D eigenvalue weighted by Crippen LogP contribution is 2.30. The molecule has 1 heterocycles. The summed E-state index contributed by atoms with van der Waals surface area (Å²) in [5.41, 5.74) is 2.04. The topological polar surface area (TPSA) is 38.8 Å². The molecule has 2 aromatic carbocycles. The molecule has 0 aromatic heterocycles. The van der Waals surface area contributed by atoms with Gasteiger partial charge in [-0.05, 0) is 62.8 Å². The second-order valence-corrected chi connectivity index (χ2v) is 7.46. The van der Waals surface area contributed by atoms with Gasteiger partial charge in [-0.2, -0.15) is 0 Å². The molecule has 3 rings (SSSR count). The number of amides is 1. The summed E-state index contributed by atoms with van der Waals surface area (Å²) < 4.78 is 11.1. The minimum Gasteiger partial charge on any atom is -0.493 e. The summed E-state index contributed by atoms with van der Waals surface area (Å²) >= 11 is 0. The fourth-order valence-corrected chi connectivity index (χ4v) is 3.62. The Bertz CT molecular complexity index is 749. The van der Waals surface area contributed by atoms with Crippen LogP contribution in [-0.4, -0.2) is 37.1 Å². The van der Waals surface area contributed by atoms with E-state index >= 15 is 0 Å². The van der Waals surface area contributed by atoms with Crippen LogP contribution in [0.4, 0.5) is 0 Å². The lowest BCUT2D eigenvalue weighted by molar-refractivity contribution is 0.0690. The van der Waals surface area contributed by atoms with Crippen molar-refractivity contribution in [3.8, 4) is 11.5 Å². The fourth-order valence-electron chi connectivity index (χ4n) is 3.62. The summed E-state index contributed by atoms with van der Waals surface area (Å²) in [6.45, 7) is 5.56. The number of carbonyl (C=O) groups excluding carboxylic acids is 1. The van der Waals surface area contributed by atoms with E-state index in [0.29, 0.717) is 23.0 Å². The summed E-state index contributed by atoms with van der Waals surface area (Å²) in [7, 11) is 1.60. The molecule has 2 aromatic rings. The standard InChI is InChI=1S/C23H29NO3/c1-17(2)27-21-10-9-20(16-22(21)26-3)23(25)24-13-11-19(12-14-24)15-18-7-5-4-6-8-18/h4-10,16-17,19H,11-15H2,1-3H3. The fraction of sp³-hybridized carbons (Fsp3) is 0.435. The van der Waals surface area contributed by atoms with E-state index in [2.05, 4.69) is 30.3 Å².